The summed E-state index contributed by atoms with van der Waals surface area (Å²) in [7, 11) is 0. The highest BCUT2D eigenvalue weighted by atomic mass is 16.2. The predicted molar refractivity (Wildman–Crippen MR) is 99.3 cm³/mol. The molecule has 2 atom stereocenters. The fraction of sp³-hybridized carbons (Fsp3) is 0.900. The van der Waals surface area contributed by atoms with Crippen molar-refractivity contribution >= 4 is 11.9 Å². The molecule has 0 aromatic rings. The van der Waals surface area contributed by atoms with Crippen LogP contribution in [0.5, 0.6) is 0 Å². The van der Waals surface area contributed by atoms with Crippen molar-refractivity contribution in [2.75, 3.05) is 19.6 Å². The summed E-state index contributed by atoms with van der Waals surface area (Å²) in [4.78, 5) is 28.7. The number of hydrogen-bond donors (Lipinski definition) is 1. The van der Waals surface area contributed by atoms with Gasteiger partial charge in [0.05, 0.1) is 0 Å². The highest BCUT2D eigenvalue weighted by Gasteiger charge is 2.37. The van der Waals surface area contributed by atoms with Gasteiger partial charge in [0, 0.05) is 38.1 Å². The van der Waals surface area contributed by atoms with Gasteiger partial charge in [0.1, 0.15) is 0 Å². The minimum Gasteiger partial charge on any atom is -0.340 e. The lowest BCUT2D eigenvalue weighted by molar-refractivity contribution is -0.130. The second kappa shape index (κ2) is 7.55. The lowest BCUT2D eigenvalue weighted by Crippen LogP contribution is -2.54. The maximum atomic E-state index is 12.8. The van der Waals surface area contributed by atoms with E-state index in [1.165, 1.54) is 19.3 Å². The topological polar surface area (TPSA) is 52.7 Å². The maximum Gasteiger partial charge on any atom is 0.317 e. The van der Waals surface area contributed by atoms with E-state index < -0.39 is 0 Å². The summed E-state index contributed by atoms with van der Waals surface area (Å²) >= 11 is 0. The molecule has 1 saturated carbocycles. The van der Waals surface area contributed by atoms with Crippen LogP contribution < -0.4 is 5.32 Å². The van der Waals surface area contributed by atoms with Gasteiger partial charge in [-0.3, -0.25) is 4.79 Å². The first-order valence-corrected chi connectivity index (χ1v) is 10.2. The molecule has 3 rings (SSSR count). The number of nitrogens with one attached hydrogen (secondary N) is 1. The van der Waals surface area contributed by atoms with E-state index in [0.29, 0.717) is 30.3 Å². The largest absolute Gasteiger partial charge is 0.340 e. The maximum absolute atomic E-state index is 12.8. The molecule has 0 aromatic heterocycles. The molecule has 3 aliphatic rings. The van der Waals surface area contributed by atoms with E-state index in [2.05, 4.69) is 26.1 Å². The summed E-state index contributed by atoms with van der Waals surface area (Å²) in [6, 6.07) is 0.752. The quantitative estimate of drug-likeness (QED) is 0.831. The van der Waals surface area contributed by atoms with Crippen molar-refractivity contribution in [1.29, 1.82) is 0 Å². The average Bonchev–Trinajstić information content (AvgIpc) is 3.00. The van der Waals surface area contributed by atoms with E-state index in [1.54, 1.807) is 0 Å². The summed E-state index contributed by atoms with van der Waals surface area (Å²) in [6.45, 7) is 9.33. The standard InChI is InChI=1S/C20H35N3O2/c1-20(2,3)16-7-4-5-8-17(16)21-19(25)22-13-10-15(11-14-22)23-12-6-9-18(23)24/h15-17H,4-14H2,1-3H3,(H,21,25)/t16-,17+/m0/s1. The Balaban J connectivity index is 1.51. The Hall–Kier alpha value is -1.26. The van der Waals surface area contributed by atoms with Crippen LogP contribution in [0, 0.1) is 11.3 Å². The van der Waals surface area contributed by atoms with Gasteiger partial charge < -0.3 is 15.1 Å². The first-order valence-electron chi connectivity index (χ1n) is 10.2. The number of likely N-dealkylation sites (tertiary alicyclic amines) is 2. The Morgan fingerprint density at radius 3 is 2.28 bits per heavy atom. The van der Waals surface area contributed by atoms with Crippen molar-refractivity contribution in [1.82, 2.24) is 15.1 Å². The van der Waals surface area contributed by atoms with Crippen molar-refractivity contribution in [3.63, 3.8) is 0 Å². The Kier molecular flexibility index (Phi) is 5.59. The molecular formula is C20H35N3O2. The molecule has 1 N–H and O–H groups in total. The van der Waals surface area contributed by atoms with Crippen molar-refractivity contribution in [3.8, 4) is 0 Å². The zero-order valence-electron chi connectivity index (χ0n) is 16.2. The summed E-state index contributed by atoms with van der Waals surface area (Å²) in [6.07, 6.45) is 8.37. The molecule has 0 aromatic carbocycles. The van der Waals surface area contributed by atoms with Gasteiger partial charge in [0.15, 0.2) is 0 Å². The van der Waals surface area contributed by atoms with Crippen molar-refractivity contribution in [2.24, 2.45) is 11.3 Å². The molecule has 5 heteroatoms. The number of carbonyl (C=O) groups is 2. The first kappa shape index (κ1) is 18.5. The van der Waals surface area contributed by atoms with Gasteiger partial charge in [-0.1, -0.05) is 33.6 Å². The molecule has 3 fully saturated rings. The molecule has 25 heavy (non-hydrogen) atoms. The normalized spacial score (nSPS) is 29.2. The molecule has 5 nitrogen and oxygen atoms in total. The third-order valence-corrected chi connectivity index (χ3v) is 6.49. The lowest BCUT2D eigenvalue weighted by Gasteiger charge is -2.42. The molecule has 142 valence electrons. The number of amides is 3. The van der Waals surface area contributed by atoms with Crippen LogP contribution >= 0.6 is 0 Å². The monoisotopic (exact) mass is 349 g/mol. The molecule has 1 aliphatic carbocycles. The number of nitrogens with zero attached hydrogens (tertiary/aromatic N) is 2. The smallest absolute Gasteiger partial charge is 0.317 e. The summed E-state index contributed by atoms with van der Waals surface area (Å²) in [5, 5.41) is 3.34. The Morgan fingerprint density at radius 2 is 1.68 bits per heavy atom. The van der Waals surface area contributed by atoms with E-state index in [9.17, 15) is 9.59 Å². The number of urea groups is 1. The zero-order chi connectivity index (χ0) is 18.0. The highest BCUT2D eigenvalue weighted by molar-refractivity contribution is 5.78. The van der Waals surface area contributed by atoms with Gasteiger partial charge in [0.25, 0.3) is 0 Å². The van der Waals surface area contributed by atoms with E-state index in [4.69, 9.17) is 0 Å². The van der Waals surface area contributed by atoms with Crippen molar-refractivity contribution in [2.45, 2.75) is 84.2 Å². The molecule has 2 heterocycles. The van der Waals surface area contributed by atoms with Crippen LogP contribution in [0.25, 0.3) is 0 Å². The van der Waals surface area contributed by atoms with Crippen LogP contribution in [0.4, 0.5) is 4.79 Å². The van der Waals surface area contributed by atoms with Crippen molar-refractivity contribution in [3.05, 3.63) is 0 Å². The van der Waals surface area contributed by atoms with Gasteiger partial charge >= 0.3 is 6.03 Å². The van der Waals surface area contributed by atoms with Gasteiger partial charge in [-0.15, -0.1) is 0 Å². The van der Waals surface area contributed by atoms with Crippen molar-refractivity contribution < 1.29 is 9.59 Å². The molecule has 0 bridgehead atoms. The molecule has 0 spiro atoms. The third kappa shape index (κ3) is 4.29. The zero-order valence-corrected chi connectivity index (χ0v) is 16.2. The minimum absolute atomic E-state index is 0.104. The average molecular weight is 350 g/mol. The summed E-state index contributed by atoms with van der Waals surface area (Å²) in [5.41, 5.74) is 0.238. The SMILES string of the molecule is CC(C)(C)[C@H]1CCCC[C@H]1NC(=O)N1CCC(N2CCCC2=O)CC1. The van der Waals surface area contributed by atoms with Crippen LogP contribution in [0.3, 0.4) is 0 Å². The van der Waals surface area contributed by atoms with Gasteiger partial charge in [-0.2, -0.15) is 0 Å². The fourth-order valence-electron chi connectivity index (χ4n) is 5.03. The lowest BCUT2D eigenvalue weighted by atomic mass is 9.69. The van der Waals surface area contributed by atoms with Crippen LogP contribution in [-0.2, 0) is 4.79 Å². The molecule has 2 saturated heterocycles. The Labute approximate surface area is 152 Å². The van der Waals surface area contributed by atoms with Gasteiger partial charge in [-0.25, -0.2) is 4.79 Å². The van der Waals surface area contributed by atoms with E-state index in [0.717, 1.165) is 45.3 Å². The summed E-state index contributed by atoms with van der Waals surface area (Å²) < 4.78 is 0. The number of rotatable bonds is 2. The van der Waals surface area contributed by atoms with E-state index in [1.807, 2.05) is 9.80 Å². The van der Waals surface area contributed by atoms with Crippen LogP contribution in [0.2, 0.25) is 0 Å². The Morgan fingerprint density at radius 1 is 1.00 bits per heavy atom. The number of piperidine rings is 1. The van der Waals surface area contributed by atoms with E-state index >= 15 is 0 Å². The minimum atomic E-state index is 0.104. The molecule has 3 amide bonds. The molecule has 0 radical (unpaired) electrons. The van der Waals surface area contributed by atoms with Gasteiger partial charge in [-0.05, 0) is 43.4 Å². The second-order valence-corrected chi connectivity index (χ2v) is 9.22. The van der Waals surface area contributed by atoms with Crippen LogP contribution in [0.1, 0.15) is 72.1 Å². The molecule has 2 aliphatic heterocycles. The fourth-order valence-corrected chi connectivity index (χ4v) is 5.03. The highest BCUT2D eigenvalue weighted by Crippen LogP contribution is 2.38. The summed E-state index contributed by atoms with van der Waals surface area (Å²) in [5.74, 6) is 0.864. The predicted octanol–water partition coefficient (Wildman–Crippen LogP) is 3.39. The van der Waals surface area contributed by atoms with E-state index in [-0.39, 0.29) is 11.4 Å². The number of hydrogen-bond acceptors (Lipinski definition) is 2. The van der Waals surface area contributed by atoms with Crippen LogP contribution in [0.15, 0.2) is 0 Å². The van der Waals surface area contributed by atoms with Crippen LogP contribution in [-0.4, -0.2) is 53.5 Å². The number of carbonyl (C=O) groups excluding carboxylic acids is 2. The first-order chi connectivity index (χ1) is 11.9. The second-order valence-electron chi connectivity index (χ2n) is 9.22. The third-order valence-electron chi connectivity index (χ3n) is 6.49. The molecule has 0 unspecified atom stereocenters. The van der Waals surface area contributed by atoms with Gasteiger partial charge in [0.2, 0.25) is 5.91 Å². The molecular weight excluding hydrogens is 314 g/mol. The Bertz CT molecular complexity index is 492.